The smallest absolute Gasteiger partial charge is 0.147 e. The largest absolute Gasteiger partial charge is 0.369 e. The first-order chi connectivity index (χ1) is 6.74. The molecule has 0 fully saturated rings. The van der Waals surface area contributed by atoms with Crippen molar-refractivity contribution in [2.24, 2.45) is 5.73 Å². The SMILES string of the molecule is CCC(N)CCNc1nccnc1C. The van der Waals surface area contributed by atoms with E-state index in [1.165, 1.54) is 0 Å². The Labute approximate surface area is 85.0 Å². The van der Waals surface area contributed by atoms with Crippen LogP contribution in [-0.4, -0.2) is 22.6 Å². The lowest BCUT2D eigenvalue weighted by Crippen LogP contribution is -2.22. The third kappa shape index (κ3) is 3.30. The van der Waals surface area contributed by atoms with Crippen molar-refractivity contribution in [3.63, 3.8) is 0 Å². The van der Waals surface area contributed by atoms with Gasteiger partial charge in [-0.3, -0.25) is 4.98 Å². The number of nitrogens with zero attached hydrogens (tertiary/aromatic N) is 2. The van der Waals surface area contributed by atoms with Crippen molar-refractivity contribution in [3.05, 3.63) is 18.1 Å². The fourth-order valence-corrected chi connectivity index (χ4v) is 1.16. The molecule has 14 heavy (non-hydrogen) atoms. The standard InChI is InChI=1S/C10H18N4/c1-3-9(11)4-5-13-10-8(2)12-6-7-14-10/h6-7,9H,3-5,11H2,1-2H3,(H,13,14). The Balaban J connectivity index is 2.35. The average Bonchev–Trinajstić information content (AvgIpc) is 2.20. The van der Waals surface area contributed by atoms with Gasteiger partial charge in [-0.05, 0) is 19.8 Å². The molecule has 78 valence electrons. The summed E-state index contributed by atoms with van der Waals surface area (Å²) in [6.07, 6.45) is 5.36. The van der Waals surface area contributed by atoms with Crippen molar-refractivity contribution in [3.8, 4) is 0 Å². The van der Waals surface area contributed by atoms with Crippen LogP contribution in [0.3, 0.4) is 0 Å². The van der Waals surface area contributed by atoms with Gasteiger partial charge in [-0.15, -0.1) is 0 Å². The predicted molar refractivity (Wildman–Crippen MR) is 58.1 cm³/mol. The molecule has 0 radical (unpaired) electrons. The number of hydrogen-bond acceptors (Lipinski definition) is 4. The molecule has 0 aliphatic heterocycles. The van der Waals surface area contributed by atoms with Crippen LogP contribution < -0.4 is 11.1 Å². The van der Waals surface area contributed by atoms with Crippen LogP contribution in [0.5, 0.6) is 0 Å². The first-order valence-electron chi connectivity index (χ1n) is 5.01. The Kier molecular flexibility index (Phi) is 4.32. The second kappa shape index (κ2) is 5.54. The third-order valence-electron chi connectivity index (χ3n) is 2.21. The number of rotatable bonds is 5. The van der Waals surface area contributed by atoms with Crippen molar-refractivity contribution < 1.29 is 0 Å². The van der Waals surface area contributed by atoms with Gasteiger partial charge in [0.1, 0.15) is 5.82 Å². The van der Waals surface area contributed by atoms with E-state index in [0.717, 1.165) is 30.9 Å². The topological polar surface area (TPSA) is 63.8 Å². The molecule has 0 saturated heterocycles. The maximum atomic E-state index is 5.80. The van der Waals surface area contributed by atoms with Crippen LogP contribution in [0.15, 0.2) is 12.4 Å². The van der Waals surface area contributed by atoms with E-state index in [4.69, 9.17) is 5.73 Å². The Morgan fingerprint density at radius 1 is 1.43 bits per heavy atom. The molecule has 0 aliphatic carbocycles. The Morgan fingerprint density at radius 2 is 2.14 bits per heavy atom. The number of anilines is 1. The molecule has 1 rings (SSSR count). The van der Waals surface area contributed by atoms with Crippen LogP contribution in [0.4, 0.5) is 5.82 Å². The van der Waals surface area contributed by atoms with E-state index in [2.05, 4.69) is 22.2 Å². The van der Waals surface area contributed by atoms with Gasteiger partial charge < -0.3 is 11.1 Å². The third-order valence-corrected chi connectivity index (χ3v) is 2.21. The van der Waals surface area contributed by atoms with E-state index in [-0.39, 0.29) is 6.04 Å². The molecular weight excluding hydrogens is 176 g/mol. The summed E-state index contributed by atoms with van der Waals surface area (Å²) >= 11 is 0. The highest BCUT2D eigenvalue weighted by Gasteiger charge is 2.01. The molecule has 4 heteroatoms. The molecule has 1 aromatic rings. The zero-order chi connectivity index (χ0) is 10.4. The lowest BCUT2D eigenvalue weighted by molar-refractivity contribution is 0.613. The van der Waals surface area contributed by atoms with Gasteiger partial charge in [-0.1, -0.05) is 6.92 Å². The Bertz CT molecular complexity index is 275. The highest BCUT2D eigenvalue weighted by Crippen LogP contribution is 2.06. The van der Waals surface area contributed by atoms with Crippen molar-refractivity contribution in [2.45, 2.75) is 32.7 Å². The lowest BCUT2D eigenvalue weighted by atomic mass is 10.2. The molecule has 0 amide bonds. The molecule has 3 N–H and O–H groups in total. The summed E-state index contributed by atoms with van der Waals surface area (Å²) in [4.78, 5) is 8.33. The molecule has 0 spiro atoms. The highest BCUT2D eigenvalue weighted by atomic mass is 15.0. The molecule has 0 bridgehead atoms. The minimum Gasteiger partial charge on any atom is -0.369 e. The number of aryl methyl sites for hydroxylation is 1. The molecule has 1 unspecified atom stereocenters. The van der Waals surface area contributed by atoms with Crippen LogP contribution >= 0.6 is 0 Å². The summed E-state index contributed by atoms with van der Waals surface area (Å²) in [5, 5.41) is 3.22. The number of nitrogens with two attached hydrogens (primary N) is 1. The number of nitrogens with one attached hydrogen (secondary N) is 1. The van der Waals surface area contributed by atoms with Gasteiger partial charge in [0.05, 0.1) is 5.69 Å². The van der Waals surface area contributed by atoms with E-state index in [1.54, 1.807) is 12.4 Å². The molecule has 0 aliphatic rings. The summed E-state index contributed by atoms with van der Waals surface area (Å²) < 4.78 is 0. The van der Waals surface area contributed by atoms with E-state index in [1.807, 2.05) is 6.92 Å². The fourth-order valence-electron chi connectivity index (χ4n) is 1.16. The van der Waals surface area contributed by atoms with Crippen LogP contribution in [0.2, 0.25) is 0 Å². The van der Waals surface area contributed by atoms with E-state index >= 15 is 0 Å². The van der Waals surface area contributed by atoms with E-state index in [9.17, 15) is 0 Å². The highest BCUT2D eigenvalue weighted by molar-refractivity contribution is 5.37. The summed E-state index contributed by atoms with van der Waals surface area (Å²) in [5.41, 5.74) is 6.73. The fraction of sp³-hybridized carbons (Fsp3) is 0.600. The minimum atomic E-state index is 0.277. The Morgan fingerprint density at radius 3 is 2.79 bits per heavy atom. The molecule has 4 nitrogen and oxygen atoms in total. The van der Waals surface area contributed by atoms with Gasteiger partial charge in [0, 0.05) is 25.0 Å². The second-order valence-electron chi connectivity index (χ2n) is 3.37. The van der Waals surface area contributed by atoms with E-state index < -0.39 is 0 Å². The number of hydrogen-bond donors (Lipinski definition) is 2. The van der Waals surface area contributed by atoms with Crippen LogP contribution in [-0.2, 0) is 0 Å². The molecular formula is C10H18N4. The lowest BCUT2D eigenvalue weighted by Gasteiger charge is -2.10. The van der Waals surface area contributed by atoms with E-state index in [0.29, 0.717) is 0 Å². The van der Waals surface area contributed by atoms with Crippen LogP contribution in [0.25, 0.3) is 0 Å². The Hall–Kier alpha value is -1.16. The predicted octanol–water partition coefficient (Wildman–Crippen LogP) is 1.32. The minimum absolute atomic E-state index is 0.277. The zero-order valence-corrected chi connectivity index (χ0v) is 8.83. The summed E-state index contributed by atoms with van der Waals surface area (Å²) in [5.74, 6) is 0.857. The molecule has 1 heterocycles. The summed E-state index contributed by atoms with van der Waals surface area (Å²) in [6.45, 7) is 4.89. The number of aromatic nitrogens is 2. The van der Waals surface area contributed by atoms with Crippen molar-refractivity contribution in [2.75, 3.05) is 11.9 Å². The first kappa shape index (κ1) is 10.9. The van der Waals surface area contributed by atoms with Gasteiger partial charge in [0.25, 0.3) is 0 Å². The van der Waals surface area contributed by atoms with Gasteiger partial charge in [0.15, 0.2) is 0 Å². The first-order valence-corrected chi connectivity index (χ1v) is 5.01. The monoisotopic (exact) mass is 194 g/mol. The maximum absolute atomic E-state index is 5.80. The maximum Gasteiger partial charge on any atom is 0.147 e. The van der Waals surface area contributed by atoms with Crippen LogP contribution in [0.1, 0.15) is 25.5 Å². The van der Waals surface area contributed by atoms with Gasteiger partial charge in [0.2, 0.25) is 0 Å². The quantitative estimate of drug-likeness (QED) is 0.742. The summed E-state index contributed by atoms with van der Waals surface area (Å²) in [7, 11) is 0. The average molecular weight is 194 g/mol. The second-order valence-corrected chi connectivity index (χ2v) is 3.37. The molecule has 1 atom stereocenters. The van der Waals surface area contributed by atoms with Crippen molar-refractivity contribution in [1.82, 2.24) is 9.97 Å². The zero-order valence-electron chi connectivity index (χ0n) is 8.83. The normalized spacial score (nSPS) is 12.5. The van der Waals surface area contributed by atoms with Gasteiger partial charge >= 0.3 is 0 Å². The van der Waals surface area contributed by atoms with Gasteiger partial charge in [-0.25, -0.2) is 4.98 Å². The van der Waals surface area contributed by atoms with Gasteiger partial charge in [-0.2, -0.15) is 0 Å². The molecule has 0 saturated carbocycles. The molecule has 0 aromatic carbocycles. The summed E-state index contributed by atoms with van der Waals surface area (Å²) in [6, 6.07) is 0.277. The van der Waals surface area contributed by atoms with Crippen molar-refractivity contribution in [1.29, 1.82) is 0 Å². The molecule has 1 aromatic heterocycles. The van der Waals surface area contributed by atoms with Crippen LogP contribution in [0, 0.1) is 6.92 Å². The van der Waals surface area contributed by atoms with Crippen molar-refractivity contribution >= 4 is 5.82 Å².